The van der Waals surface area contributed by atoms with Crippen LogP contribution in [0.2, 0.25) is 10.0 Å². The second-order valence-corrected chi connectivity index (χ2v) is 9.73. The van der Waals surface area contributed by atoms with Crippen LogP contribution in [0.3, 0.4) is 0 Å². The van der Waals surface area contributed by atoms with E-state index in [-0.39, 0.29) is 58.2 Å². The molecule has 1 aliphatic rings. The lowest BCUT2D eigenvalue weighted by atomic mass is 9.97. The van der Waals surface area contributed by atoms with Crippen LogP contribution >= 0.6 is 23.2 Å². The molecule has 1 amide bonds. The molecule has 0 saturated carbocycles. The molecule has 168 valence electrons. The molecule has 0 radical (unpaired) electrons. The van der Waals surface area contributed by atoms with Crippen LogP contribution in [-0.2, 0) is 14.8 Å². The highest BCUT2D eigenvalue weighted by Gasteiger charge is 2.34. The molecule has 0 atom stereocenters. The third-order valence-corrected chi connectivity index (χ3v) is 7.90. The Labute approximate surface area is 189 Å². The molecule has 0 bridgehead atoms. The summed E-state index contributed by atoms with van der Waals surface area (Å²) in [5.41, 5.74) is 0.741. The molecule has 0 aliphatic carbocycles. The van der Waals surface area contributed by atoms with Crippen molar-refractivity contribution in [2.24, 2.45) is 5.92 Å². The summed E-state index contributed by atoms with van der Waals surface area (Å²) in [7, 11) is -3.92. The van der Waals surface area contributed by atoms with Crippen molar-refractivity contribution in [3.8, 4) is 5.75 Å². The third kappa shape index (κ3) is 5.28. The highest BCUT2D eigenvalue weighted by Crippen LogP contribution is 2.34. The number of rotatable bonds is 6. The van der Waals surface area contributed by atoms with E-state index in [2.05, 4.69) is 10.1 Å². The van der Waals surface area contributed by atoms with Crippen LogP contribution < -0.4 is 10.1 Å². The van der Waals surface area contributed by atoms with Crippen LogP contribution in [0.5, 0.6) is 5.75 Å². The number of hydrogen-bond acceptors (Lipinski definition) is 4. The Morgan fingerprint density at radius 1 is 1.13 bits per heavy atom. The van der Waals surface area contributed by atoms with Crippen LogP contribution in [0, 0.1) is 12.8 Å². The van der Waals surface area contributed by atoms with Crippen molar-refractivity contribution in [2.45, 2.75) is 31.3 Å². The monoisotopic (exact) mass is 492 g/mol. The van der Waals surface area contributed by atoms with Crippen LogP contribution in [0.25, 0.3) is 0 Å². The minimum absolute atomic E-state index is 0.0264. The van der Waals surface area contributed by atoms with Crippen LogP contribution in [-0.4, -0.2) is 38.3 Å². The smallest absolute Gasteiger partial charge is 0.387 e. The summed E-state index contributed by atoms with van der Waals surface area (Å²) >= 11 is 12.1. The molecule has 0 aromatic heterocycles. The number of nitrogens with one attached hydrogen (secondary N) is 1. The summed E-state index contributed by atoms with van der Waals surface area (Å²) in [5.74, 6) is -1.01. The van der Waals surface area contributed by atoms with Gasteiger partial charge in [-0.05, 0) is 43.5 Å². The van der Waals surface area contributed by atoms with Gasteiger partial charge in [-0.25, -0.2) is 8.42 Å². The molecule has 1 N–H and O–H groups in total. The molecule has 1 heterocycles. The number of aryl methyl sites for hydroxylation is 1. The maximum absolute atomic E-state index is 13.0. The number of anilines is 1. The number of carbonyl (C=O) groups excluding carboxylic acids is 1. The zero-order chi connectivity index (χ0) is 22.8. The average molecular weight is 493 g/mol. The van der Waals surface area contributed by atoms with Gasteiger partial charge in [0.05, 0.1) is 15.7 Å². The molecule has 6 nitrogen and oxygen atoms in total. The Morgan fingerprint density at radius 3 is 2.29 bits per heavy atom. The third-order valence-electron chi connectivity index (χ3n) is 5.04. The zero-order valence-corrected chi connectivity index (χ0v) is 18.8. The van der Waals surface area contributed by atoms with Gasteiger partial charge in [-0.1, -0.05) is 41.4 Å². The fourth-order valence-electron chi connectivity index (χ4n) is 3.44. The van der Waals surface area contributed by atoms with Crippen molar-refractivity contribution < 1.29 is 26.7 Å². The maximum atomic E-state index is 13.0. The average Bonchev–Trinajstić information content (AvgIpc) is 2.70. The minimum atomic E-state index is -3.92. The Kier molecular flexibility index (Phi) is 7.41. The number of benzene rings is 2. The van der Waals surface area contributed by atoms with Crippen molar-refractivity contribution in [3.63, 3.8) is 0 Å². The van der Waals surface area contributed by atoms with E-state index in [4.69, 9.17) is 23.2 Å². The zero-order valence-electron chi connectivity index (χ0n) is 16.4. The molecule has 1 aliphatic heterocycles. The van der Waals surface area contributed by atoms with Gasteiger partial charge < -0.3 is 10.1 Å². The highest BCUT2D eigenvalue weighted by atomic mass is 35.5. The van der Waals surface area contributed by atoms with Crippen molar-refractivity contribution in [1.82, 2.24) is 4.31 Å². The predicted molar refractivity (Wildman–Crippen MR) is 114 cm³/mol. The van der Waals surface area contributed by atoms with Gasteiger partial charge in [0, 0.05) is 19.0 Å². The number of para-hydroxylation sites is 1. The van der Waals surface area contributed by atoms with Gasteiger partial charge in [0.2, 0.25) is 15.9 Å². The Morgan fingerprint density at radius 2 is 1.71 bits per heavy atom. The second-order valence-electron chi connectivity index (χ2n) is 7.04. The van der Waals surface area contributed by atoms with Gasteiger partial charge in [0.25, 0.3) is 0 Å². The number of ether oxygens (including phenoxy) is 1. The van der Waals surface area contributed by atoms with E-state index in [1.165, 1.54) is 22.5 Å². The standard InChI is InChI=1S/C20H20Cl2F2N2O4S/c1-12-4-2-7-16(30-20(23)24)17(12)25-19(27)13-8-10-26(11-9-13)31(28,29)18-14(21)5-3-6-15(18)22/h2-7,13,20H,8-11H2,1H3,(H,25,27). The summed E-state index contributed by atoms with van der Waals surface area (Å²) in [4.78, 5) is 12.6. The van der Waals surface area contributed by atoms with E-state index < -0.39 is 22.6 Å². The Hall–Kier alpha value is -1.94. The van der Waals surface area contributed by atoms with E-state index in [0.717, 1.165) is 0 Å². The molecule has 3 rings (SSSR count). The SMILES string of the molecule is Cc1cccc(OC(F)F)c1NC(=O)C1CCN(S(=O)(=O)c2c(Cl)cccc2Cl)CC1. The van der Waals surface area contributed by atoms with Gasteiger partial charge in [-0.2, -0.15) is 13.1 Å². The number of nitrogens with zero attached hydrogens (tertiary/aromatic N) is 1. The Balaban J connectivity index is 1.70. The number of halogens is 4. The molecule has 1 fully saturated rings. The van der Waals surface area contributed by atoms with Crippen molar-refractivity contribution in [3.05, 3.63) is 52.0 Å². The summed E-state index contributed by atoms with van der Waals surface area (Å²) in [5, 5.41) is 2.70. The van der Waals surface area contributed by atoms with Gasteiger partial charge in [0.15, 0.2) is 0 Å². The second kappa shape index (κ2) is 9.68. The quantitative estimate of drug-likeness (QED) is 0.619. The topological polar surface area (TPSA) is 75.7 Å². The first-order valence-corrected chi connectivity index (χ1v) is 11.6. The molecule has 1 saturated heterocycles. The van der Waals surface area contributed by atoms with Crippen LogP contribution in [0.15, 0.2) is 41.3 Å². The lowest BCUT2D eigenvalue weighted by Crippen LogP contribution is -2.41. The molecular formula is C20H20Cl2F2N2O4S. The minimum Gasteiger partial charge on any atom is -0.433 e. The van der Waals surface area contributed by atoms with E-state index >= 15 is 0 Å². The maximum Gasteiger partial charge on any atom is 0.387 e. The number of alkyl halides is 2. The van der Waals surface area contributed by atoms with E-state index in [0.29, 0.717) is 5.56 Å². The first-order chi connectivity index (χ1) is 14.6. The van der Waals surface area contributed by atoms with Gasteiger partial charge in [-0.3, -0.25) is 4.79 Å². The van der Waals surface area contributed by atoms with Gasteiger partial charge >= 0.3 is 6.61 Å². The summed E-state index contributed by atoms with van der Waals surface area (Å²) < 4.78 is 57.0. The highest BCUT2D eigenvalue weighted by molar-refractivity contribution is 7.89. The molecule has 0 spiro atoms. The fourth-order valence-corrected chi connectivity index (χ4v) is 6.00. The molecular weight excluding hydrogens is 473 g/mol. The molecule has 2 aromatic carbocycles. The van der Waals surface area contributed by atoms with Crippen molar-refractivity contribution in [2.75, 3.05) is 18.4 Å². The fraction of sp³-hybridized carbons (Fsp3) is 0.350. The Bertz CT molecular complexity index is 1050. The predicted octanol–water partition coefficient (Wildman–Crippen LogP) is 4.94. The molecule has 11 heteroatoms. The van der Waals surface area contributed by atoms with Crippen LogP contribution in [0.1, 0.15) is 18.4 Å². The van der Waals surface area contributed by atoms with Crippen molar-refractivity contribution >= 4 is 44.8 Å². The lowest BCUT2D eigenvalue weighted by Gasteiger charge is -2.31. The molecule has 0 unspecified atom stereocenters. The number of piperidine rings is 1. The number of hydrogen-bond donors (Lipinski definition) is 1. The lowest BCUT2D eigenvalue weighted by molar-refractivity contribution is -0.121. The first kappa shape index (κ1) is 23.7. The summed E-state index contributed by atoms with van der Waals surface area (Å²) in [6.07, 6.45) is 0.508. The van der Waals surface area contributed by atoms with E-state index in [1.54, 1.807) is 25.1 Å². The van der Waals surface area contributed by atoms with E-state index in [1.807, 2.05) is 0 Å². The van der Waals surface area contributed by atoms with E-state index in [9.17, 15) is 22.0 Å². The number of amides is 1. The summed E-state index contributed by atoms with van der Waals surface area (Å²) in [6, 6.07) is 9.00. The molecule has 2 aromatic rings. The number of carbonyl (C=O) groups is 1. The summed E-state index contributed by atoms with van der Waals surface area (Å²) in [6.45, 7) is -1.18. The first-order valence-electron chi connectivity index (χ1n) is 9.40. The normalized spacial score (nSPS) is 15.8. The molecule has 31 heavy (non-hydrogen) atoms. The largest absolute Gasteiger partial charge is 0.433 e. The van der Waals surface area contributed by atoms with Gasteiger partial charge in [-0.15, -0.1) is 0 Å². The van der Waals surface area contributed by atoms with Crippen molar-refractivity contribution in [1.29, 1.82) is 0 Å². The van der Waals surface area contributed by atoms with Crippen LogP contribution in [0.4, 0.5) is 14.5 Å². The van der Waals surface area contributed by atoms with Gasteiger partial charge in [0.1, 0.15) is 10.6 Å². The number of sulfonamides is 1.